The van der Waals surface area contributed by atoms with Gasteiger partial charge in [0, 0.05) is 25.8 Å². The Bertz CT molecular complexity index is 448. The van der Waals surface area contributed by atoms with E-state index in [0.717, 1.165) is 41.7 Å². The van der Waals surface area contributed by atoms with Gasteiger partial charge in [0.1, 0.15) is 5.15 Å². The molecule has 0 amide bonds. The highest BCUT2D eigenvalue weighted by molar-refractivity contribution is 14.1. The van der Waals surface area contributed by atoms with Crippen molar-refractivity contribution in [2.75, 3.05) is 38.6 Å². The molecule has 1 N–H and O–H groups in total. The number of nitrogens with zero attached hydrogens (tertiary/aromatic N) is 3. The minimum atomic E-state index is -0.567. The molecule has 0 bridgehead atoms. The molecule has 4 nitrogen and oxygen atoms in total. The molecule has 0 unspecified atom stereocenters. The van der Waals surface area contributed by atoms with Gasteiger partial charge < -0.3 is 14.9 Å². The van der Waals surface area contributed by atoms with E-state index in [0.29, 0.717) is 5.15 Å². The Kier molecular flexibility index (Phi) is 4.92. The average Bonchev–Trinajstić information content (AvgIpc) is 2.32. The van der Waals surface area contributed by atoms with E-state index in [4.69, 9.17) is 11.6 Å². The van der Waals surface area contributed by atoms with Gasteiger partial charge >= 0.3 is 0 Å². The van der Waals surface area contributed by atoms with E-state index in [2.05, 4.69) is 32.5 Å². The predicted octanol–water partition coefficient (Wildman–Crippen LogP) is 2.23. The van der Waals surface area contributed by atoms with Crippen LogP contribution in [0.25, 0.3) is 0 Å². The van der Waals surface area contributed by atoms with Crippen LogP contribution in [0.4, 0.5) is 5.69 Å². The molecule has 0 aromatic carbocycles. The molecule has 1 aliphatic rings. The number of rotatable bonds is 3. The molecule has 1 saturated heterocycles. The molecule has 1 fully saturated rings. The van der Waals surface area contributed by atoms with Gasteiger partial charge in [-0.3, -0.25) is 0 Å². The van der Waals surface area contributed by atoms with E-state index in [-0.39, 0.29) is 0 Å². The lowest BCUT2D eigenvalue weighted by Crippen LogP contribution is -2.49. The number of piperidine rings is 1. The van der Waals surface area contributed by atoms with Crippen LogP contribution in [-0.2, 0) is 0 Å². The summed E-state index contributed by atoms with van der Waals surface area (Å²) in [6.45, 7) is 2.41. The largest absolute Gasteiger partial charge is 0.388 e. The summed E-state index contributed by atoms with van der Waals surface area (Å²) >= 11 is 8.24. The van der Waals surface area contributed by atoms with E-state index in [1.54, 1.807) is 6.20 Å². The molecule has 2 rings (SSSR count). The Morgan fingerprint density at radius 1 is 1.47 bits per heavy atom. The molecule has 0 atom stereocenters. The number of hydrogen-bond acceptors (Lipinski definition) is 4. The summed E-state index contributed by atoms with van der Waals surface area (Å²) in [6.07, 6.45) is 3.35. The molecule has 0 saturated carbocycles. The first-order valence-corrected chi connectivity index (χ1v) is 7.78. The number of anilines is 1. The summed E-state index contributed by atoms with van der Waals surface area (Å²) in [4.78, 5) is 8.40. The standard InChI is InChI=1S/C13H19ClIN3O/c1-17(2)9-13(19)3-5-18(6-4-13)11-7-12(14)16-8-10(11)15/h7-8,19H,3-6,9H2,1-2H3. The van der Waals surface area contributed by atoms with E-state index in [1.165, 1.54) is 0 Å². The van der Waals surface area contributed by atoms with E-state index in [9.17, 15) is 5.11 Å². The second-order valence-corrected chi connectivity index (χ2v) is 6.96. The van der Waals surface area contributed by atoms with Crippen molar-refractivity contribution in [2.24, 2.45) is 0 Å². The normalized spacial score (nSPS) is 18.9. The first-order valence-electron chi connectivity index (χ1n) is 6.33. The van der Waals surface area contributed by atoms with Crippen molar-refractivity contribution in [1.82, 2.24) is 9.88 Å². The topological polar surface area (TPSA) is 39.6 Å². The molecule has 1 aromatic heterocycles. The molecule has 0 radical (unpaired) electrons. The molecule has 6 heteroatoms. The van der Waals surface area contributed by atoms with Crippen LogP contribution in [-0.4, -0.2) is 54.3 Å². The predicted molar refractivity (Wildman–Crippen MR) is 86.9 cm³/mol. The van der Waals surface area contributed by atoms with E-state index >= 15 is 0 Å². The van der Waals surface area contributed by atoms with Crippen LogP contribution in [0, 0.1) is 3.57 Å². The third-order valence-electron chi connectivity index (χ3n) is 3.45. The lowest BCUT2D eigenvalue weighted by molar-refractivity contribution is -0.00539. The van der Waals surface area contributed by atoms with Crippen LogP contribution in [0.1, 0.15) is 12.8 Å². The third kappa shape index (κ3) is 3.93. The van der Waals surface area contributed by atoms with Crippen LogP contribution in [0.5, 0.6) is 0 Å². The van der Waals surface area contributed by atoms with Crippen LogP contribution in [0.15, 0.2) is 12.3 Å². The Morgan fingerprint density at radius 3 is 2.68 bits per heavy atom. The van der Waals surface area contributed by atoms with Crippen molar-refractivity contribution in [1.29, 1.82) is 0 Å². The Balaban J connectivity index is 2.05. The summed E-state index contributed by atoms with van der Waals surface area (Å²) in [5, 5.41) is 11.0. The zero-order valence-corrected chi connectivity index (χ0v) is 14.1. The van der Waals surface area contributed by atoms with Gasteiger partial charge in [-0.15, -0.1) is 0 Å². The first kappa shape index (κ1) is 15.3. The number of aromatic nitrogens is 1. The fourth-order valence-corrected chi connectivity index (χ4v) is 3.34. The maximum absolute atomic E-state index is 10.5. The van der Waals surface area contributed by atoms with Crippen molar-refractivity contribution in [3.05, 3.63) is 21.0 Å². The van der Waals surface area contributed by atoms with Crippen LogP contribution in [0.3, 0.4) is 0 Å². The highest BCUT2D eigenvalue weighted by Crippen LogP contribution is 2.30. The van der Waals surface area contributed by atoms with Crippen LogP contribution in [0.2, 0.25) is 5.15 Å². The SMILES string of the molecule is CN(C)CC1(O)CCN(c2cc(Cl)ncc2I)CC1. The Morgan fingerprint density at radius 2 is 2.11 bits per heavy atom. The van der Waals surface area contributed by atoms with E-state index in [1.807, 2.05) is 25.1 Å². The Hall–Kier alpha value is -0.110. The fourth-order valence-electron chi connectivity index (χ4n) is 2.56. The summed E-state index contributed by atoms with van der Waals surface area (Å²) in [7, 11) is 3.99. The molecule has 19 heavy (non-hydrogen) atoms. The number of hydrogen-bond donors (Lipinski definition) is 1. The van der Waals surface area contributed by atoms with Gasteiger partial charge in [0.2, 0.25) is 0 Å². The number of pyridine rings is 1. The lowest BCUT2D eigenvalue weighted by atomic mass is 9.91. The molecular weight excluding hydrogens is 377 g/mol. The van der Waals surface area contributed by atoms with Crippen molar-refractivity contribution in [2.45, 2.75) is 18.4 Å². The fraction of sp³-hybridized carbons (Fsp3) is 0.615. The van der Waals surface area contributed by atoms with Gasteiger partial charge in [-0.25, -0.2) is 4.98 Å². The second-order valence-electron chi connectivity index (χ2n) is 5.41. The second kappa shape index (κ2) is 6.11. The zero-order chi connectivity index (χ0) is 14.0. The van der Waals surface area contributed by atoms with Gasteiger partial charge in [-0.2, -0.15) is 0 Å². The highest BCUT2D eigenvalue weighted by atomic mass is 127. The zero-order valence-electron chi connectivity index (χ0n) is 11.2. The summed E-state index contributed by atoms with van der Waals surface area (Å²) in [6, 6.07) is 1.90. The molecule has 106 valence electrons. The minimum Gasteiger partial charge on any atom is -0.388 e. The van der Waals surface area contributed by atoms with Crippen molar-refractivity contribution in [3.8, 4) is 0 Å². The number of aliphatic hydroxyl groups is 1. The molecular formula is C13H19ClIN3O. The van der Waals surface area contributed by atoms with Gasteiger partial charge in [0.25, 0.3) is 0 Å². The quantitative estimate of drug-likeness (QED) is 0.629. The smallest absolute Gasteiger partial charge is 0.131 e. The Labute approximate surface area is 132 Å². The average molecular weight is 396 g/mol. The molecule has 1 aliphatic heterocycles. The maximum atomic E-state index is 10.5. The highest BCUT2D eigenvalue weighted by Gasteiger charge is 2.33. The monoisotopic (exact) mass is 395 g/mol. The molecule has 2 heterocycles. The van der Waals surface area contributed by atoms with Crippen molar-refractivity contribution in [3.63, 3.8) is 0 Å². The van der Waals surface area contributed by atoms with Gasteiger partial charge in [-0.1, -0.05) is 11.6 Å². The van der Waals surface area contributed by atoms with E-state index < -0.39 is 5.60 Å². The van der Waals surface area contributed by atoms with Crippen LogP contribution < -0.4 is 4.90 Å². The first-order chi connectivity index (χ1) is 8.89. The molecule has 1 aromatic rings. The molecule has 0 spiro atoms. The minimum absolute atomic E-state index is 0.518. The van der Waals surface area contributed by atoms with Gasteiger partial charge in [0.05, 0.1) is 14.9 Å². The summed E-state index contributed by atoms with van der Waals surface area (Å²) < 4.78 is 1.10. The van der Waals surface area contributed by atoms with Crippen molar-refractivity contribution < 1.29 is 5.11 Å². The number of halogens is 2. The van der Waals surface area contributed by atoms with Crippen LogP contribution >= 0.6 is 34.2 Å². The third-order valence-corrected chi connectivity index (χ3v) is 4.48. The lowest BCUT2D eigenvalue weighted by Gasteiger charge is -2.40. The maximum Gasteiger partial charge on any atom is 0.131 e. The molecule has 0 aliphatic carbocycles. The van der Waals surface area contributed by atoms with Crippen molar-refractivity contribution >= 4 is 39.9 Å². The van der Waals surface area contributed by atoms with Gasteiger partial charge in [-0.05, 0) is 55.6 Å². The summed E-state index contributed by atoms with van der Waals surface area (Å²) in [5.41, 5.74) is 0.551. The number of likely N-dealkylation sites (N-methyl/N-ethyl adjacent to an activating group) is 1. The summed E-state index contributed by atoms with van der Waals surface area (Å²) in [5.74, 6) is 0. The van der Waals surface area contributed by atoms with Gasteiger partial charge in [0.15, 0.2) is 0 Å².